The molecule has 0 aliphatic carbocycles. The van der Waals surface area contributed by atoms with Gasteiger partial charge in [-0.3, -0.25) is 0 Å². The SMILES string of the molecule is Fc1ccccc1-c1cc2ncn(Cc3nnc(-c4ccc(C(F)(F)F)cc4C(F)(F)F)s3)cc-2n1. The molecule has 0 atom stereocenters. The van der Waals surface area contributed by atoms with Crippen molar-refractivity contribution in [3.05, 3.63) is 83.0 Å². The fraction of sp³-hybridized carbons (Fsp3) is 0.130. The van der Waals surface area contributed by atoms with Gasteiger partial charge in [0.1, 0.15) is 21.5 Å². The summed E-state index contributed by atoms with van der Waals surface area (Å²) in [4.78, 5) is 8.67. The summed E-state index contributed by atoms with van der Waals surface area (Å²) in [6.45, 7) is 0.0739. The van der Waals surface area contributed by atoms with Crippen LogP contribution in [-0.4, -0.2) is 24.7 Å². The monoisotopic (exact) mass is 523 g/mol. The highest BCUT2D eigenvalue weighted by Gasteiger charge is 2.39. The Morgan fingerprint density at radius 3 is 2.31 bits per heavy atom. The van der Waals surface area contributed by atoms with Gasteiger partial charge in [0, 0.05) is 17.3 Å². The molecule has 0 spiro atoms. The van der Waals surface area contributed by atoms with Crippen LogP contribution in [0.25, 0.3) is 33.2 Å². The molecule has 0 amide bonds. The van der Waals surface area contributed by atoms with Crippen LogP contribution >= 0.6 is 11.3 Å². The van der Waals surface area contributed by atoms with E-state index in [9.17, 15) is 30.7 Å². The van der Waals surface area contributed by atoms with Crippen molar-refractivity contribution >= 4 is 11.3 Å². The van der Waals surface area contributed by atoms with Crippen molar-refractivity contribution in [1.82, 2.24) is 24.7 Å². The van der Waals surface area contributed by atoms with E-state index in [1.165, 1.54) is 12.4 Å². The first kappa shape index (κ1) is 23.9. The molecule has 1 aromatic heterocycles. The lowest BCUT2D eigenvalue weighted by atomic mass is 10.0. The third-order valence-corrected chi connectivity index (χ3v) is 6.17. The van der Waals surface area contributed by atoms with Crippen molar-refractivity contribution in [2.45, 2.75) is 18.9 Å². The molecule has 184 valence electrons. The molecule has 0 saturated heterocycles. The minimum absolute atomic E-state index is 0.0667. The van der Waals surface area contributed by atoms with Gasteiger partial charge in [0.15, 0.2) is 0 Å². The second kappa shape index (κ2) is 8.66. The second-order valence-electron chi connectivity index (χ2n) is 7.69. The molecule has 0 saturated carbocycles. The van der Waals surface area contributed by atoms with Gasteiger partial charge in [-0.2, -0.15) is 26.3 Å². The summed E-state index contributed by atoms with van der Waals surface area (Å²) >= 11 is 0.812. The number of nitrogens with zero attached hydrogens (tertiary/aromatic N) is 5. The van der Waals surface area contributed by atoms with Gasteiger partial charge in [-0.15, -0.1) is 10.2 Å². The summed E-state index contributed by atoms with van der Waals surface area (Å²) in [5.41, 5.74) is -1.66. The maximum absolute atomic E-state index is 14.1. The molecule has 3 aromatic rings. The minimum atomic E-state index is -5.02. The lowest BCUT2D eigenvalue weighted by molar-refractivity contribution is -0.142. The fourth-order valence-electron chi connectivity index (χ4n) is 3.57. The Morgan fingerprint density at radius 2 is 1.58 bits per heavy atom. The lowest BCUT2D eigenvalue weighted by Gasteiger charge is -2.14. The number of fused-ring (bicyclic) bond motifs is 1. The molecule has 5 rings (SSSR count). The molecule has 2 aliphatic rings. The molecular formula is C23H12F7N5S. The zero-order valence-electron chi connectivity index (χ0n) is 17.8. The van der Waals surface area contributed by atoms with Crippen molar-refractivity contribution in [1.29, 1.82) is 0 Å². The molecule has 0 N–H and O–H groups in total. The van der Waals surface area contributed by atoms with Crippen LogP contribution in [0.3, 0.4) is 0 Å². The van der Waals surface area contributed by atoms with Crippen LogP contribution in [0.5, 0.6) is 0 Å². The van der Waals surface area contributed by atoms with E-state index in [-0.39, 0.29) is 17.6 Å². The predicted molar refractivity (Wildman–Crippen MR) is 116 cm³/mol. The standard InChI is InChI=1S/C23H12F7N5S/c24-16-4-2-1-3-14(16)17-8-18-19(32-17)9-35(11-31-18)10-20-33-34-21(36-20)13-6-5-12(22(25,26)27)7-15(13)23(28,29)30/h1-9,11H,10H2. The van der Waals surface area contributed by atoms with Crippen molar-refractivity contribution < 1.29 is 30.7 Å². The van der Waals surface area contributed by atoms with Crippen LogP contribution in [0.15, 0.2) is 61.1 Å². The number of hydrogen-bond donors (Lipinski definition) is 0. The van der Waals surface area contributed by atoms with E-state index >= 15 is 0 Å². The minimum Gasteiger partial charge on any atom is -0.330 e. The Hall–Kier alpha value is -3.87. The van der Waals surface area contributed by atoms with E-state index in [4.69, 9.17) is 0 Å². The van der Waals surface area contributed by atoms with Crippen LogP contribution < -0.4 is 0 Å². The molecule has 5 nitrogen and oxygen atoms in total. The first-order valence-electron chi connectivity index (χ1n) is 10.2. The maximum Gasteiger partial charge on any atom is 0.417 e. The van der Waals surface area contributed by atoms with Crippen LogP contribution in [-0.2, 0) is 18.9 Å². The highest BCUT2D eigenvalue weighted by Crippen LogP contribution is 2.41. The summed E-state index contributed by atoms with van der Waals surface area (Å²) in [7, 11) is 0. The number of rotatable bonds is 4. The predicted octanol–water partition coefficient (Wildman–Crippen LogP) is 6.79. The number of aromatic nitrogens is 5. The number of halogens is 7. The van der Waals surface area contributed by atoms with Gasteiger partial charge >= 0.3 is 12.4 Å². The third kappa shape index (κ3) is 4.65. The zero-order valence-corrected chi connectivity index (χ0v) is 18.6. The topological polar surface area (TPSA) is 56.5 Å². The molecule has 0 fully saturated rings. The van der Waals surface area contributed by atoms with Crippen LogP contribution in [0.4, 0.5) is 30.7 Å². The molecule has 0 radical (unpaired) electrons. The summed E-state index contributed by atoms with van der Waals surface area (Å²) < 4.78 is 95.0. The molecule has 0 bridgehead atoms. The van der Waals surface area contributed by atoms with E-state index in [0.717, 1.165) is 17.4 Å². The van der Waals surface area contributed by atoms with Crippen molar-refractivity contribution in [2.75, 3.05) is 0 Å². The van der Waals surface area contributed by atoms with Crippen LogP contribution in [0, 0.1) is 5.82 Å². The van der Waals surface area contributed by atoms with E-state index < -0.39 is 34.9 Å². The van der Waals surface area contributed by atoms with Crippen LogP contribution in [0.1, 0.15) is 16.1 Å². The van der Waals surface area contributed by atoms with Gasteiger partial charge < -0.3 is 4.57 Å². The Balaban J connectivity index is 1.44. The quantitative estimate of drug-likeness (QED) is 0.243. The molecule has 0 unspecified atom stereocenters. The molecule has 36 heavy (non-hydrogen) atoms. The highest BCUT2D eigenvalue weighted by atomic mass is 32.1. The average Bonchev–Trinajstić information content (AvgIpc) is 3.44. The summed E-state index contributed by atoms with van der Waals surface area (Å²) in [6.07, 6.45) is -6.87. The Morgan fingerprint density at radius 1 is 0.806 bits per heavy atom. The van der Waals surface area contributed by atoms with E-state index in [2.05, 4.69) is 20.2 Å². The summed E-state index contributed by atoms with van der Waals surface area (Å²) in [6, 6.07) is 9.16. The number of hydrogen-bond acceptors (Lipinski definition) is 5. The fourth-order valence-corrected chi connectivity index (χ4v) is 4.45. The van der Waals surface area contributed by atoms with Crippen LogP contribution in [0.2, 0.25) is 0 Å². The van der Waals surface area contributed by atoms with Gasteiger partial charge in [-0.25, -0.2) is 14.4 Å². The normalized spacial score (nSPS) is 12.4. The Kier molecular flexibility index (Phi) is 5.74. The molecule has 13 heteroatoms. The van der Waals surface area contributed by atoms with Gasteiger partial charge in [0.2, 0.25) is 0 Å². The van der Waals surface area contributed by atoms with Gasteiger partial charge in [-0.05, 0) is 30.3 Å². The second-order valence-corrected chi connectivity index (χ2v) is 8.76. The smallest absolute Gasteiger partial charge is 0.330 e. The van der Waals surface area contributed by atoms with E-state index in [1.807, 2.05) is 0 Å². The Labute approximate surface area is 202 Å². The first-order chi connectivity index (χ1) is 17.0. The van der Waals surface area contributed by atoms with E-state index in [0.29, 0.717) is 33.7 Å². The van der Waals surface area contributed by atoms with Gasteiger partial charge in [0.25, 0.3) is 0 Å². The zero-order chi connectivity index (χ0) is 25.7. The van der Waals surface area contributed by atoms with Crippen molar-refractivity contribution in [3.8, 4) is 33.2 Å². The highest BCUT2D eigenvalue weighted by molar-refractivity contribution is 7.14. The van der Waals surface area contributed by atoms with Gasteiger partial charge in [0.05, 0.1) is 35.4 Å². The van der Waals surface area contributed by atoms with Crippen molar-refractivity contribution in [3.63, 3.8) is 0 Å². The summed E-state index contributed by atoms with van der Waals surface area (Å²) in [5, 5.41) is 7.77. The average molecular weight is 523 g/mol. The maximum atomic E-state index is 14.1. The first-order valence-corrected chi connectivity index (χ1v) is 11.0. The van der Waals surface area contributed by atoms with Gasteiger partial charge in [-0.1, -0.05) is 29.5 Å². The molecular weight excluding hydrogens is 511 g/mol. The molecule has 2 aliphatic heterocycles. The molecule has 2 aromatic carbocycles. The molecule has 3 heterocycles. The Bertz CT molecular complexity index is 1520. The van der Waals surface area contributed by atoms with Crippen molar-refractivity contribution in [2.24, 2.45) is 0 Å². The number of benzene rings is 2. The largest absolute Gasteiger partial charge is 0.417 e. The summed E-state index contributed by atoms with van der Waals surface area (Å²) in [5.74, 6) is -0.434. The third-order valence-electron chi connectivity index (χ3n) is 5.23. The lowest BCUT2D eigenvalue weighted by Crippen LogP contribution is -2.12. The van der Waals surface area contributed by atoms with E-state index in [1.54, 1.807) is 35.0 Å². The number of alkyl halides is 6.